The SMILES string of the molecule is COc1c(CCl)cc(Cl)cc1S(=O)(=O)N1CCSC(C)C1. The standard InChI is InChI=1S/C13H17Cl2NO3S2/c1-9-8-16(3-4-20-9)21(17,18)12-6-11(15)5-10(7-14)13(12)19-2/h5-6,9H,3-4,7-8H2,1-2H3. The molecule has 1 aliphatic heterocycles. The van der Waals surface area contributed by atoms with Crippen LogP contribution in [0.25, 0.3) is 0 Å². The third kappa shape index (κ3) is 3.62. The molecule has 2 rings (SSSR count). The van der Waals surface area contributed by atoms with Crippen LogP contribution in [0.2, 0.25) is 5.02 Å². The molecule has 21 heavy (non-hydrogen) atoms. The van der Waals surface area contributed by atoms with Gasteiger partial charge in [0.15, 0.2) is 0 Å². The summed E-state index contributed by atoms with van der Waals surface area (Å²) in [5.74, 6) is 1.20. The number of ether oxygens (including phenoxy) is 1. The van der Waals surface area contributed by atoms with Gasteiger partial charge in [-0.2, -0.15) is 16.1 Å². The van der Waals surface area contributed by atoms with E-state index < -0.39 is 10.0 Å². The summed E-state index contributed by atoms with van der Waals surface area (Å²) < 4.78 is 32.5. The summed E-state index contributed by atoms with van der Waals surface area (Å²) in [6.45, 7) is 2.99. The van der Waals surface area contributed by atoms with Crippen molar-refractivity contribution in [2.24, 2.45) is 0 Å². The third-order valence-electron chi connectivity index (χ3n) is 3.27. The quantitative estimate of drug-likeness (QED) is 0.764. The van der Waals surface area contributed by atoms with E-state index in [1.807, 2.05) is 6.92 Å². The zero-order valence-electron chi connectivity index (χ0n) is 11.8. The largest absolute Gasteiger partial charge is 0.495 e. The molecule has 1 fully saturated rings. The second-order valence-electron chi connectivity index (χ2n) is 4.77. The van der Waals surface area contributed by atoms with Crippen LogP contribution < -0.4 is 4.74 Å². The molecule has 8 heteroatoms. The highest BCUT2D eigenvalue weighted by molar-refractivity contribution is 8.00. The van der Waals surface area contributed by atoms with E-state index in [9.17, 15) is 8.42 Å². The Hall–Kier alpha value is -0.140. The number of rotatable bonds is 4. The number of benzene rings is 1. The first-order valence-electron chi connectivity index (χ1n) is 6.44. The van der Waals surface area contributed by atoms with Gasteiger partial charge >= 0.3 is 0 Å². The molecule has 1 unspecified atom stereocenters. The Bertz CT molecular complexity index is 622. The van der Waals surface area contributed by atoms with Crippen molar-refractivity contribution < 1.29 is 13.2 Å². The van der Waals surface area contributed by atoms with Crippen molar-refractivity contribution in [2.75, 3.05) is 26.0 Å². The van der Waals surface area contributed by atoms with Gasteiger partial charge in [0.05, 0.1) is 13.0 Å². The molecule has 1 heterocycles. The average molecular weight is 370 g/mol. The first-order chi connectivity index (χ1) is 9.90. The van der Waals surface area contributed by atoms with E-state index in [2.05, 4.69) is 0 Å². The van der Waals surface area contributed by atoms with E-state index in [1.165, 1.54) is 17.5 Å². The summed E-state index contributed by atoms with van der Waals surface area (Å²) >= 11 is 13.7. The predicted octanol–water partition coefficient (Wildman–Crippen LogP) is 3.21. The zero-order valence-corrected chi connectivity index (χ0v) is 14.9. The van der Waals surface area contributed by atoms with Gasteiger partial charge in [-0.15, -0.1) is 11.6 Å². The number of methoxy groups -OCH3 is 1. The molecule has 1 saturated heterocycles. The van der Waals surface area contributed by atoms with Gasteiger partial charge in [-0.1, -0.05) is 18.5 Å². The first kappa shape index (κ1) is 17.2. The van der Waals surface area contributed by atoms with Crippen LogP contribution in [0.15, 0.2) is 17.0 Å². The molecule has 0 aromatic heterocycles. The molecular weight excluding hydrogens is 353 g/mol. The maximum Gasteiger partial charge on any atom is 0.246 e. The molecule has 0 radical (unpaired) electrons. The molecule has 1 aromatic carbocycles. The van der Waals surface area contributed by atoms with Crippen LogP contribution in [0.5, 0.6) is 5.75 Å². The monoisotopic (exact) mass is 369 g/mol. The summed E-state index contributed by atoms with van der Waals surface area (Å²) in [4.78, 5) is 0.0900. The van der Waals surface area contributed by atoms with Crippen molar-refractivity contribution >= 4 is 45.0 Å². The number of hydrogen-bond donors (Lipinski definition) is 0. The smallest absolute Gasteiger partial charge is 0.246 e. The lowest BCUT2D eigenvalue weighted by Gasteiger charge is -2.30. The summed E-state index contributed by atoms with van der Waals surface area (Å²) in [5.41, 5.74) is 0.574. The number of hydrogen-bond acceptors (Lipinski definition) is 4. The van der Waals surface area contributed by atoms with Gasteiger partial charge in [0.2, 0.25) is 10.0 Å². The van der Waals surface area contributed by atoms with Crippen molar-refractivity contribution in [3.05, 3.63) is 22.7 Å². The zero-order chi connectivity index (χ0) is 15.6. The van der Waals surface area contributed by atoms with Crippen LogP contribution in [0.4, 0.5) is 0 Å². The van der Waals surface area contributed by atoms with Gasteiger partial charge in [0, 0.05) is 34.7 Å². The molecule has 118 valence electrons. The molecule has 1 aromatic rings. The molecule has 0 N–H and O–H groups in total. The lowest BCUT2D eigenvalue weighted by Crippen LogP contribution is -2.41. The Kier molecular flexibility index (Phi) is 5.71. The number of sulfonamides is 1. The van der Waals surface area contributed by atoms with Crippen LogP contribution in [-0.4, -0.2) is 43.9 Å². The van der Waals surface area contributed by atoms with Crippen LogP contribution >= 0.6 is 35.0 Å². The summed E-state index contributed by atoms with van der Waals surface area (Å²) in [6, 6.07) is 3.05. The Morgan fingerprint density at radius 1 is 1.48 bits per heavy atom. The molecule has 0 spiro atoms. The minimum absolute atomic E-state index is 0.0900. The van der Waals surface area contributed by atoms with Crippen molar-refractivity contribution in [2.45, 2.75) is 22.9 Å². The Labute approximate surface area is 139 Å². The van der Waals surface area contributed by atoms with Gasteiger partial charge in [-0.3, -0.25) is 0 Å². The highest BCUT2D eigenvalue weighted by Gasteiger charge is 2.32. The maximum atomic E-state index is 12.9. The molecule has 0 aliphatic carbocycles. The van der Waals surface area contributed by atoms with E-state index in [1.54, 1.807) is 17.8 Å². The molecule has 0 amide bonds. The van der Waals surface area contributed by atoms with Crippen molar-refractivity contribution in [3.63, 3.8) is 0 Å². The Morgan fingerprint density at radius 3 is 2.76 bits per heavy atom. The average Bonchev–Trinajstić information content (AvgIpc) is 2.46. The normalized spacial score (nSPS) is 20.5. The molecular formula is C13H17Cl2NO3S2. The minimum Gasteiger partial charge on any atom is -0.495 e. The van der Waals surface area contributed by atoms with Crippen molar-refractivity contribution in [3.8, 4) is 5.75 Å². The van der Waals surface area contributed by atoms with E-state index in [4.69, 9.17) is 27.9 Å². The van der Waals surface area contributed by atoms with Gasteiger partial charge in [-0.05, 0) is 12.1 Å². The van der Waals surface area contributed by atoms with Gasteiger partial charge in [0.25, 0.3) is 0 Å². The minimum atomic E-state index is -3.64. The first-order valence-corrected chi connectivity index (χ1v) is 9.84. The number of alkyl halides is 1. The topological polar surface area (TPSA) is 46.6 Å². The molecule has 1 atom stereocenters. The predicted molar refractivity (Wildman–Crippen MR) is 88.2 cm³/mol. The lowest BCUT2D eigenvalue weighted by molar-refractivity contribution is 0.389. The van der Waals surface area contributed by atoms with Crippen LogP contribution in [0.3, 0.4) is 0 Å². The molecule has 1 aliphatic rings. The summed E-state index contributed by atoms with van der Waals surface area (Å²) in [7, 11) is -2.20. The molecule has 0 bridgehead atoms. The van der Waals surface area contributed by atoms with E-state index in [-0.39, 0.29) is 21.8 Å². The number of nitrogens with zero attached hydrogens (tertiary/aromatic N) is 1. The fourth-order valence-corrected chi connectivity index (χ4v) is 5.77. The van der Waals surface area contributed by atoms with Crippen molar-refractivity contribution in [1.29, 1.82) is 0 Å². The van der Waals surface area contributed by atoms with Gasteiger partial charge < -0.3 is 4.74 Å². The fraction of sp³-hybridized carbons (Fsp3) is 0.538. The summed E-state index contributed by atoms with van der Waals surface area (Å²) in [5, 5.41) is 0.607. The molecule has 0 saturated carbocycles. The maximum absolute atomic E-state index is 12.9. The van der Waals surface area contributed by atoms with Gasteiger partial charge in [-0.25, -0.2) is 8.42 Å². The second-order valence-corrected chi connectivity index (χ2v) is 8.93. The van der Waals surface area contributed by atoms with Crippen LogP contribution in [0, 0.1) is 0 Å². The number of halogens is 2. The highest BCUT2D eigenvalue weighted by atomic mass is 35.5. The third-order valence-corrected chi connectivity index (χ3v) is 6.78. The number of thioether (sulfide) groups is 1. The van der Waals surface area contributed by atoms with E-state index in [0.717, 1.165) is 5.75 Å². The van der Waals surface area contributed by atoms with E-state index in [0.29, 0.717) is 23.7 Å². The fourth-order valence-electron chi connectivity index (χ4n) is 2.29. The van der Waals surface area contributed by atoms with Crippen LogP contribution in [-0.2, 0) is 15.9 Å². The Morgan fingerprint density at radius 2 is 2.19 bits per heavy atom. The van der Waals surface area contributed by atoms with E-state index >= 15 is 0 Å². The van der Waals surface area contributed by atoms with Crippen LogP contribution in [0.1, 0.15) is 12.5 Å². The van der Waals surface area contributed by atoms with Gasteiger partial charge in [0.1, 0.15) is 10.6 Å². The highest BCUT2D eigenvalue weighted by Crippen LogP contribution is 2.35. The Balaban J connectivity index is 2.51. The lowest BCUT2D eigenvalue weighted by atomic mass is 10.2. The molecule has 4 nitrogen and oxygen atoms in total. The van der Waals surface area contributed by atoms with Crippen molar-refractivity contribution in [1.82, 2.24) is 4.31 Å². The summed E-state index contributed by atoms with van der Waals surface area (Å²) in [6.07, 6.45) is 0. The second kappa shape index (κ2) is 6.96.